The molecule has 0 spiro atoms. The SMILES string of the molecule is CCNCc1ccc(OCc2c(C)nn(C)c2Cl)c(Br)c1. The van der Waals surface area contributed by atoms with Crippen molar-refractivity contribution in [2.75, 3.05) is 6.54 Å². The molecule has 6 heteroatoms. The minimum absolute atomic E-state index is 0.406. The molecule has 0 saturated carbocycles. The van der Waals surface area contributed by atoms with Gasteiger partial charge in [0.1, 0.15) is 17.5 Å². The van der Waals surface area contributed by atoms with E-state index in [4.69, 9.17) is 16.3 Å². The van der Waals surface area contributed by atoms with Gasteiger partial charge in [0.2, 0.25) is 0 Å². The predicted molar refractivity (Wildman–Crippen MR) is 88.8 cm³/mol. The molecule has 1 aromatic carbocycles. The summed E-state index contributed by atoms with van der Waals surface area (Å²) in [5.41, 5.74) is 3.02. The first-order valence-corrected chi connectivity index (χ1v) is 8.00. The van der Waals surface area contributed by atoms with Crippen LogP contribution >= 0.6 is 27.5 Å². The molecule has 1 aromatic heterocycles. The molecule has 0 atom stereocenters. The molecule has 2 rings (SSSR count). The third-order valence-corrected chi connectivity index (χ3v) is 4.31. The summed E-state index contributed by atoms with van der Waals surface area (Å²) in [5, 5.41) is 8.19. The molecule has 1 heterocycles. The van der Waals surface area contributed by atoms with Gasteiger partial charge in [0.25, 0.3) is 0 Å². The predicted octanol–water partition coefficient (Wildman–Crippen LogP) is 3.83. The minimum Gasteiger partial charge on any atom is -0.488 e. The number of rotatable bonds is 6. The lowest BCUT2D eigenvalue weighted by Crippen LogP contribution is -2.11. The zero-order chi connectivity index (χ0) is 15.4. The summed E-state index contributed by atoms with van der Waals surface area (Å²) in [6, 6.07) is 6.09. The maximum absolute atomic E-state index is 6.20. The van der Waals surface area contributed by atoms with E-state index in [2.05, 4.69) is 45.4 Å². The van der Waals surface area contributed by atoms with E-state index < -0.39 is 0 Å². The third-order valence-electron chi connectivity index (χ3n) is 3.22. The molecule has 0 aliphatic carbocycles. The fourth-order valence-electron chi connectivity index (χ4n) is 2.03. The number of benzene rings is 1. The Hall–Kier alpha value is -1.04. The number of hydrogen-bond donors (Lipinski definition) is 1. The monoisotopic (exact) mass is 371 g/mol. The second-order valence-electron chi connectivity index (χ2n) is 4.81. The van der Waals surface area contributed by atoms with Crippen LogP contribution in [-0.2, 0) is 20.2 Å². The number of aryl methyl sites for hydroxylation is 2. The van der Waals surface area contributed by atoms with E-state index in [1.807, 2.05) is 20.0 Å². The number of nitrogens with one attached hydrogen (secondary N) is 1. The van der Waals surface area contributed by atoms with Crippen molar-refractivity contribution in [3.05, 3.63) is 44.6 Å². The van der Waals surface area contributed by atoms with Gasteiger partial charge in [0, 0.05) is 19.2 Å². The molecular formula is C15H19BrClN3O. The van der Waals surface area contributed by atoms with Crippen molar-refractivity contribution in [2.24, 2.45) is 7.05 Å². The Labute approximate surface area is 138 Å². The topological polar surface area (TPSA) is 39.1 Å². The van der Waals surface area contributed by atoms with Crippen LogP contribution in [0.1, 0.15) is 23.7 Å². The molecule has 1 N–H and O–H groups in total. The molecule has 0 aliphatic heterocycles. The molecule has 0 amide bonds. The smallest absolute Gasteiger partial charge is 0.134 e. The second kappa shape index (κ2) is 7.29. The average molecular weight is 373 g/mol. The van der Waals surface area contributed by atoms with Gasteiger partial charge in [-0.25, -0.2) is 0 Å². The van der Waals surface area contributed by atoms with E-state index in [-0.39, 0.29) is 0 Å². The quantitative estimate of drug-likeness (QED) is 0.837. The van der Waals surface area contributed by atoms with E-state index in [1.54, 1.807) is 4.68 Å². The maximum atomic E-state index is 6.20. The van der Waals surface area contributed by atoms with Gasteiger partial charge in [-0.2, -0.15) is 5.10 Å². The highest BCUT2D eigenvalue weighted by Crippen LogP contribution is 2.28. The maximum Gasteiger partial charge on any atom is 0.134 e. The van der Waals surface area contributed by atoms with Crippen LogP contribution in [0.15, 0.2) is 22.7 Å². The highest BCUT2D eigenvalue weighted by molar-refractivity contribution is 9.10. The molecule has 21 heavy (non-hydrogen) atoms. The second-order valence-corrected chi connectivity index (χ2v) is 6.02. The summed E-state index contributed by atoms with van der Waals surface area (Å²) in [6.45, 7) is 6.23. The van der Waals surface area contributed by atoms with Crippen molar-refractivity contribution in [2.45, 2.75) is 27.0 Å². The zero-order valence-corrected chi connectivity index (χ0v) is 14.8. The fraction of sp³-hybridized carbons (Fsp3) is 0.400. The molecular weight excluding hydrogens is 354 g/mol. The Kier molecular flexibility index (Phi) is 5.67. The normalized spacial score (nSPS) is 10.9. The van der Waals surface area contributed by atoms with Gasteiger partial charge < -0.3 is 10.1 Å². The van der Waals surface area contributed by atoms with Gasteiger partial charge in [-0.3, -0.25) is 4.68 Å². The van der Waals surface area contributed by atoms with E-state index in [9.17, 15) is 0 Å². The van der Waals surface area contributed by atoms with Crippen molar-refractivity contribution in [3.63, 3.8) is 0 Å². The Morgan fingerprint density at radius 2 is 2.19 bits per heavy atom. The first-order valence-electron chi connectivity index (χ1n) is 6.82. The third kappa shape index (κ3) is 3.99. The van der Waals surface area contributed by atoms with E-state index in [0.717, 1.165) is 34.6 Å². The van der Waals surface area contributed by atoms with E-state index >= 15 is 0 Å². The summed E-state index contributed by atoms with van der Waals surface area (Å²) in [6.07, 6.45) is 0. The molecule has 0 saturated heterocycles. The molecule has 0 radical (unpaired) electrons. The van der Waals surface area contributed by atoms with Crippen LogP contribution in [0, 0.1) is 6.92 Å². The summed E-state index contributed by atoms with van der Waals surface area (Å²) >= 11 is 9.75. The van der Waals surface area contributed by atoms with Crippen molar-refractivity contribution >= 4 is 27.5 Å². The lowest BCUT2D eigenvalue weighted by molar-refractivity contribution is 0.303. The van der Waals surface area contributed by atoms with Crippen LogP contribution in [0.25, 0.3) is 0 Å². The van der Waals surface area contributed by atoms with Gasteiger partial charge in [-0.1, -0.05) is 24.6 Å². The molecule has 0 bridgehead atoms. The Balaban J connectivity index is 2.06. The van der Waals surface area contributed by atoms with Crippen molar-refractivity contribution in [1.82, 2.24) is 15.1 Å². The highest BCUT2D eigenvalue weighted by Gasteiger charge is 2.12. The van der Waals surface area contributed by atoms with E-state index in [1.165, 1.54) is 5.56 Å². The number of aromatic nitrogens is 2. The standard InChI is InChI=1S/C15H19BrClN3O/c1-4-18-8-11-5-6-14(13(16)7-11)21-9-12-10(2)19-20(3)15(12)17/h5-7,18H,4,8-9H2,1-3H3. The highest BCUT2D eigenvalue weighted by atomic mass is 79.9. The Bertz CT molecular complexity index is 628. The number of ether oxygens (including phenoxy) is 1. The van der Waals surface area contributed by atoms with Crippen LogP contribution in [0.5, 0.6) is 5.75 Å². The summed E-state index contributed by atoms with van der Waals surface area (Å²) < 4.78 is 8.45. The molecule has 0 aliphatic rings. The minimum atomic E-state index is 0.406. The Morgan fingerprint density at radius 3 is 2.76 bits per heavy atom. The average Bonchev–Trinajstić information content (AvgIpc) is 2.69. The lowest BCUT2D eigenvalue weighted by Gasteiger charge is -2.10. The van der Waals surface area contributed by atoms with Crippen molar-refractivity contribution in [3.8, 4) is 5.75 Å². The molecule has 0 fully saturated rings. The van der Waals surface area contributed by atoms with Crippen LogP contribution in [-0.4, -0.2) is 16.3 Å². The first kappa shape index (κ1) is 16.3. The number of nitrogens with zero attached hydrogens (tertiary/aromatic N) is 2. The first-order chi connectivity index (χ1) is 10.0. The summed E-state index contributed by atoms with van der Waals surface area (Å²) in [4.78, 5) is 0. The fourth-order valence-corrected chi connectivity index (χ4v) is 2.80. The van der Waals surface area contributed by atoms with Gasteiger partial charge in [0.15, 0.2) is 0 Å². The molecule has 114 valence electrons. The molecule has 2 aromatic rings. The summed E-state index contributed by atoms with van der Waals surface area (Å²) in [5.74, 6) is 0.801. The van der Waals surface area contributed by atoms with Crippen LogP contribution in [0.3, 0.4) is 0 Å². The van der Waals surface area contributed by atoms with E-state index in [0.29, 0.717) is 11.8 Å². The molecule has 4 nitrogen and oxygen atoms in total. The largest absolute Gasteiger partial charge is 0.488 e. The van der Waals surface area contributed by atoms with Gasteiger partial charge in [-0.05, 0) is 47.1 Å². The van der Waals surface area contributed by atoms with Crippen LogP contribution in [0.4, 0.5) is 0 Å². The Morgan fingerprint density at radius 1 is 1.43 bits per heavy atom. The summed E-state index contributed by atoms with van der Waals surface area (Å²) in [7, 11) is 1.82. The number of hydrogen-bond acceptors (Lipinski definition) is 3. The number of halogens is 2. The van der Waals surface area contributed by atoms with Crippen LogP contribution < -0.4 is 10.1 Å². The van der Waals surface area contributed by atoms with Crippen LogP contribution in [0.2, 0.25) is 5.15 Å². The van der Waals surface area contributed by atoms with Gasteiger partial charge in [-0.15, -0.1) is 0 Å². The molecule has 0 unspecified atom stereocenters. The lowest BCUT2D eigenvalue weighted by atomic mass is 10.2. The van der Waals surface area contributed by atoms with Crippen molar-refractivity contribution < 1.29 is 4.74 Å². The van der Waals surface area contributed by atoms with Gasteiger partial charge >= 0.3 is 0 Å². The van der Waals surface area contributed by atoms with Crippen molar-refractivity contribution in [1.29, 1.82) is 0 Å². The zero-order valence-electron chi connectivity index (χ0n) is 12.4. The van der Waals surface area contributed by atoms with Gasteiger partial charge in [0.05, 0.1) is 10.2 Å².